The van der Waals surface area contributed by atoms with Crippen molar-refractivity contribution in [1.82, 2.24) is 5.32 Å². The third-order valence-electron chi connectivity index (χ3n) is 3.44. The number of amides is 1. The van der Waals surface area contributed by atoms with Crippen molar-refractivity contribution >= 4 is 29.3 Å². The third-order valence-corrected chi connectivity index (χ3v) is 4.78. The lowest BCUT2D eigenvalue weighted by Gasteiger charge is -2.08. The van der Waals surface area contributed by atoms with E-state index < -0.39 is 0 Å². The fourth-order valence-corrected chi connectivity index (χ4v) is 3.33. The molecule has 0 radical (unpaired) electrons. The van der Waals surface area contributed by atoms with E-state index in [9.17, 15) is 9.18 Å². The van der Waals surface area contributed by atoms with Gasteiger partial charge in [-0.2, -0.15) is 11.8 Å². The normalized spacial score (nSPS) is 10.5. The standard InChI is InChI=1S/C19H21ClFNO2S/c20-17-8-4-9-18(21)16(17)14-25-13-11-22-19(23)10-5-12-24-15-6-2-1-3-7-15/h1-4,6-9H,5,10-14H2,(H,22,23). The molecule has 0 aliphatic heterocycles. The van der Waals surface area contributed by atoms with Crippen molar-refractivity contribution in [3.05, 3.63) is 64.9 Å². The fraction of sp³-hybridized carbons (Fsp3) is 0.316. The number of nitrogens with one attached hydrogen (secondary N) is 1. The number of thioether (sulfide) groups is 1. The maximum Gasteiger partial charge on any atom is 0.220 e. The maximum atomic E-state index is 13.6. The summed E-state index contributed by atoms with van der Waals surface area (Å²) in [6.07, 6.45) is 1.09. The number of benzene rings is 2. The SMILES string of the molecule is O=C(CCCOc1ccccc1)NCCSCc1c(F)cccc1Cl. The molecule has 0 saturated carbocycles. The van der Waals surface area contributed by atoms with Crippen LogP contribution in [-0.4, -0.2) is 24.8 Å². The van der Waals surface area contributed by atoms with Gasteiger partial charge in [0.05, 0.1) is 6.61 Å². The molecule has 2 rings (SSSR count). The molecule has 1 amide bonds. The van der Waals surface area contributed by atoms with Crippen molar-refractivity contribution in [1.29, 1.82) is 0 Å². The molecule has 0 fully saturated rings. The first-order valence-corrected chi connectivity index (χ1v) is 9.65. The van der Waals surface area contributed by atoms with Gasteiger partial charge in [-0.1, -0.05) is 35.9 Å². The first-order chi connectivity index (χ1) is 12.2. The average molecular weight is 382 g/mol. The Bertz CT molecular complexity index is 649. The molecule has 0 unspecified atom stereocenters. The summed E-state index contributed by atoms with van der Waals surface area (Å²) in [6.45, 7) is 1.06. The van der Waals surface area contributed by atoms with E-state index in [2.05, 4.69) is 5.32 Å². The number of carbonyl (C=O) groups excluding carboxylic acids is 1. The lowest BCUT2D eigenvalue weighted by atomic mass is 10.2. The van der Waals surface area contributed by atoms with Crippen molar-refractivity contribution in [2.75, 3.05) is 18.9 Å². The molecule has 0 saturated heterocycles. The zero-order chi connectivity index (χ0) is 17.9. The number of rotatable bonds is 10. The highest BCUT2D eigenvalue weighted by Gasteiger charge is 2.07. The van der Waals surface area contributed by atoms with E-state index in [1.807, 2.05) is 30.3 Å². The summed E-state index contributed by atoms with van der Waals surface area (Å²) >= 11 is 7.51. The van der Waals surface area contributed by atoms with E-state index >= 15 is 0 Å². The van der Waals surface area contributed by atoms with Crippen LogP contribution in [0.15, 0.2) is 48.5 Å². The summed E-state index contributed by atoms with van der Waals surface area (Å²) in [6, 6.07) is 14.2. The highest BCUT2D eigenvalue weighted by molar-refractivity contribution is 7.98. The molecule has 1 N–H and O–H groups in total. The number of carbonyl (C=O) groups is 1. The number of para-hydroxylation sites is 1. The Morgan fingerprint density at radius 2 is 1.96 bits per heavy atom. The van der Waals surface area contributed by atoms with E-state index in [1.165, 1.54) is 17.8 Å². The maximum absolute atomic E-state index is 13.6. The Kier molecular flexibility index (Phi) is 8.63. The van der Waals surface area contributed by atoms with Crippen LogP contribution in [0.25, 0.3) is 0 Å². The van der Waals surface area contributed by atoms with Crippen molar-refractivity contribution in [2.24, 2.45) is 0 Å². The molecule has 0 heterocycles. The molecule has 0 bridgehead atoms. The van der Waals surface area contributed by atoms with E-state index in [0.717, 1.165) is 5.75 Å². The zero-order valence-corrected chi connectivity index (χ0v) is 15.4. The molecule has 25 heavy (non-hydrogen) atoms. The van der Waals surface area contributed by atoms with E-state index in [-0.39, 0.29) is 11.7 Å². The Morgan fingerprint density at radius 1 is 1.16 bits per heavy atom. The van der Waals surface area contributed by atoms with Crippen LogP contribution in [0.4, 0.5) is 4.39 Å². The Balaban J connectivity index is 1.52. The van der Waals surface area contributed by atoms with Gasteiger partial charge >= 0.3 is 0 Å². The number of hydrogen-bond acceptors (Lipinski definition) is 3. The molecule has 0 aromatic heterocycles. The minimum Gasteiger partial charge on any atom is -0.494 e. The van der Waals surface area contributed by atoms with Crippen molar-refractivity contribution in [2.45, 2.75) is 18.6 Å². The summed E-state index contributed by atoms with van der Waals surface area (Å²) in [7, 11) is 0. The van der Waals surface area contributed by atoms with Crippen LogP contribution in [0.1, 0.15) is 18.4 Å². The van der Waals surface area contributed by atoms with Crippen LogP contribution in [0, 0.1) is 5.82 Å². The predicted molar refractivity (Wildman–Crippen MR) is 102 cm³/mol. The van der Waals surface area contributed by atoms with Crippen LogP contribution in [-0.2, 0) is 10.5 Å². The first kappa shape index (κ1) is 19.6. The molecule has 0 spiro atoms. The van der Waals surface area contributed by atoms with Gasteiger partial charge < -0.3 is 10.1 Å². The van der Waals surface area contributed by atoms with Gasteiger partial charge in [0.1, 0.15) is 11.6 Å². The summed E-state index contributed by atoms with van der Waals surface area (Å²) in [5.74, 6) is 1.72. The second-order valence-corrected chi connectivity index (χ2v) is 6.88. The minimum atomic E-state index is -0.289. The van der Waals surface area contributed by atoms with E-state index in [4.69, 9.17) is 16.3 Å². The van der Waals surface area contributed by atoms with Gasteiger partial charge in [0.2, 0.25) is 5.91 Å². The lowest BCUT2D eigenvalue weighted by molar-refractivity contribution is -0.121. The van der Waals surface area contributed by atoms with Crippen LogP contribution in [0.5, 0.6) is 5.75 Å². The Hall–Kier alpha value is -1.72. The number of hydrogen-bond donors (Lipinski definition) is 1. The van der Waals surface area contributed by atoms with Crippen molar-refractivity contribution in [3.8, 4) is 5.75 Å². The number of halogens is 2. The fourth-order valence-electron chi connectivity index (χ4n) is 2.13. The second-order valence-electron chi connectivity index (χ2n) is 5.37. The smallest absolute Gasteiger partial charge is 0.220 e. The third kappa shape index (κ3) is 7.36. The zero-order valence-electron chi connectivity index (χ0n) is 13.8. The molecule has 134 valence electrons. The molecular weight excluding hydrogens is 361 g/mol. The van der Waals surface area contributed by atoms with Crippen LogP contribution >= 0.6 is 23.4 Å². The molecular formula is C19H21ClFNO2S. The van der Waals surface area contributed by atoms with Gasteiger partial charge in [-0.3, -0.25) is 4.79 Å². The molecule has 2 aromatic rings. The predicted octanol–water partition coefficient (Wildman–Crippen LogP) is 4.69. The van der Waals surface area contributed by atoms with Gasteiger partial charge in [-0.05, 0) is 30.7 Å². The van der Waals surface area contributed by atoms with Crippen molar-refractivity contribution < 1.29 is 13.9 Å². The Labute approximate surface area is 156 Å². The lowest BCUT2D eigenvalue weighted by Crippen LogP contribution is -2.25. The second kappa shape index (κ2) is 11.0. The quantitative estimate of drug-likeness (QED) is 0.607. The van der Waals surface area contributed by atoms with Gasteiger partial charge in [0, 0.05) is 35.1 Å². The Morgan fingerprint density at radius 3 is 2.72 bits per heavy atom. The van der Waals surface area contributed by atoms with E-state index in [0.29, 0.717) is 48.1 Å². The molecule has 6 heteroatoms. The summed E-state index contributed by atoms with van der Waals surface area (Å²) < 4.78 is 19.1. The minimum absolute atomic E-state index is 0.00110. The topological polar surface area (TPSA) is 38.3 Å². The summed E-state index contributed by atoms with van der Waals surface area (Å²) in [4.78, 5) is 11.7. The molecule has 0 aliphatic carbocycles. The first-order valence-electron chi connectivity index (χ1n) is 8.12. The summed E-state index contributed by atoms with van der Waals surface area (Å²) in [5, 5.41) is 3.29. The van der Waals surface area contributed by atoms with Gasteiger partial charge in [0.15, 0.2) is 0 Å². The van der Waals surface area contributed by atoms with Crippen LogP contribution < -0.4 is 10.1 Å². The average Bonchev–Trinajstić information content (AvgIpc) is 2.61. The molecule has 0 aliphatic rings. The van der Waals surface area contributed by atoms with Crippen molar-refractivity contribution in [3.63, 3.8) is 0 Å². The van der Waals surface area contributed by atoms with Gasteiger partial charge in [0.25, 0.3) is 0 Å². The molecule has 0 atom stereocenters. The van der Waals surface area contributed by atoms with Gasteiger partial charge in [-0.25, -0.2) is 4.39 Å². The van der Waals surface area contributed by atoms with Crippen LogP contribution in [0.3, 0.4) is 0 Å². The summed E-state index contributed by atoms with van der Waals surface area (Å²) in [5.41, 5.74) is 0.513. The number of ether oxygens (including phenoxy) is 1. The molecule has 2 aromatic carbocycles. The highest BCUT2D eigenvalue weighted by Crippen LogP contribution is 2.23. The van der Waals surface area contributed by atoms with E-state index in [1.54, 1.807) is 12.1 Å². The van der Waals surface area contributed by atoms with Crippen LogP contribution in [0.2, 0.25) is 5.02 Å². The molecule has 3 nitrogen and oxygen atoms in total. The monoisotopic (exact) mass is 381 g/mol. The largest absolute Gasteiger partial charge is 0.494 e. The highest BCUT2D eigenvalue weighted by atomic mass is 35.5. The van der Waals surface area contributed by atoms with Gasteiger partial charge in [-0.15, -0.1) is 0 Å².